The van der Waals surface area contributed by atoms with E-state index in [9.17, 15) is 0 Å². The highest BCUT2D eigenvalue weighted by Gasteiger charge is 2.37. The SMILES string of the molecule is C=C(C)C(C)C(C)C(C)=CC1CC(CC)C1CCC=C=[N+](C)CC. The van der Waals surface area contributed by atoms with Gasteiger partial charge in [-0.25, -0.2) is 0 Å². The largest absolute Gasteiger partial charge is 0.192 e. The highest BCUT2D eigenvalue weighted by Crippen LogP contribution is 2.47. The van der Waals surface area contributed by atoms with Crippen molar-refractivity contribution in [3.63, 3.8) is 0 Å². The van der Waals surface area contributed by atoms with E-state index in [0.717, 1.165) is 30.7 Å². The summed E-state index contributed by atoms with van der Waals surface area (Å²) < 4.78 is 2.13. The Hall–Kier alpha value is -1.07. The molecule has 1 saturated carbocycles. The fourth-order valence-corrected chi connectivity index (χ4v) is 3.86. The van der Waals surface area contributed by atoms with Crippen molar-refractivity contribution in [2.45, 2.75) is 67.2 Å². The number of allylic oxidation sites excluding steroid dienone is 4. The zero-order chi connectivity index (χ0) is 18.3. The van der Waals surface area contributed by atoms with Gasteiger partial charge in [0.1, 0.15) is 13.6 Å². The molecule has 1 aliphatic carbocycles. The average molecular weight is 331 g/mol. The van der Waals surface area contributed by atoms with Crippen LogP contribution in [0.5, 0.6) is 0 Å². The lowest BCUT2D eigenvalue weighted by Gasteiger charge is -2.44. The zero-order valence-corrected chi connectivity index (χ0v) is 17.2. The highest BCUT2D eigenvalue weighted by atomic mass is 14.9. The van der Waals surface area contributed by atoms with Crippen LogP contribution in [0, 0.1) is 29.6 Å². The molecule has 1 rings (SSSR count). The lowest BCUT2D eigenvalue weighted by Crippen LogP contribution is -2.35. The molecular formula is C23H40N+. The van der Waals surface area contributed by atoms with E-state index < -0.39 is 0 Å². The minimum atomic E-state index is 0.573. The van der Waals surface area contributed by atoms with Crippen molar-refractivity contribution in [3.05, 3.63) is 29.9 Å². The van der Waals surface area contributed by atoms with E-state index in [4.69, 9.17) is 0 Å². The van der Waals surface area contributed by atoms with Crippen LogP contribution in [0.1, 0.15) is 67.2 Å². The monoisotopic (exact) mass is 330 g/mol. The van der Waals surface area contributed by atoms with Gasteiger partial charge in [0.15, 0.2) is 5.87 Å². The maximum atomic E-state index is 4.14. The molecule has 0 amide bonds. The molecule has 24 heavy (non-hydrogen) atoms. The first-order valence-corrected chi connectivity index (χ1v) is 9.94. The molecule has 1 aliphatic rings. The van der Waals surface area contributed by atoms with Gasteiger partial charge in [-0.05, 0) is 69.6 Å². The quantitative estimate of drug-likeness (QED) is 0.272. The maximum Gasteiger partial charge on any atom is 0.162 e. The van der Waals surface area contributed by atoms with E-state index in [1.807, 2.05) is 0 Å². The summed E-state index contributed by atoms with van der Waals surface area (Å²) in [5.74, 6) is 7.10. The Morgan fingerprint density at radius 2 is 1.92 bits per heavy atom. The molecule has 0 aromatic heterocycles. The van der Waals surface area contributed by atoms with Gasteiger partial charge >= 0.3 is 0 Å². The minimum Gasteiger partial charge on any atom is -0.192 e. The van der Waals surface area contributed by atoms with E-state index in [-0.39, 0.29) is 0 Å². The van der Waals surface area contributed by atoms with Crippen LogP contribution in [-0.4, -0.2) is 24.0 Å². The number of hydrogen-bond donors (Lipinski definition) is 0. The predicted octanol–water partition coefficient (Wildman–Crippen LogP) is 6.11. The highest BCUT2D eigenvalue weighted by molar-refractivity contribution is 5.45. The Bertz CT molecular complexity index is 504. The second-order valence-corrected chi connectivity index (χ2v) is 7.99. The summed E-state index contributed by atoms with van der Waals surface area (Å²) in [6.45, 7) is 18.8. The van der Waals surface area contributed by atoms with Crippen molar-refractivity contribution in [1.82, 2.24) is 0 Å². The normalized spacial score (nSPS) is 26.1. The summed E-state index contributed by atoms with van der Waals surface area (Å²) in [6, 6.07) is 0. The number of nitrogens with zero attached hydrogens (tertiary/aromatic N) is 1. The molecule has 5 unspecified atom stereocenters. The molecule has 0 aliphatic heterocycles. The van der Waals surface area contributed by atoms with Crippen LogP contribution in [0.2, 0.25) is 0 Å². The summed E-state index contributed by atoms with van der Waals surface area (Å²) in [5.41, 5.74) is 2.86. The Labute approximate surface area is 151 Å². The van der Waals surface area contributed by atoms with Gasteiger partial charge in [-0.2, -0.15) is 4.58 Å². The molecule has 0 spiro atoms. The smallest absolute Gasteiger partial charge is 0.162 e. The van der Waals surface area contributed by atoms with Gasteiger partial charge in [0.05, 0.1) is 0 Å². The van der Waals surface area contributed by atoms with Crippen molar-refractivity contribution >= 4 is 5.87 Å². The average Bonchev–Trinajstić information content (AvgIpc) is 2.55. The lowest BCUT2D eigenvalue weighted by atomic mass is 9.61. The van der Waals surface area contributed by atoms with Gasteiger partial charge in [0.2, 0.25) is 0 Å². The standard InChI is InChI=1S/C23H40N/c1-9-21-16-22(15-18(5)20(7)19(6)17(3)4)23(21)13-11-12-14-24(8)10-2/h12,15,19-23H,3,9-11,13,16H2,1-2,4-8H3/q+1. The fourth-order valence-electron chi connectivity index (χ4n) is 3.86. The van der Waals surface area contributed by atoms with E-state index in [1.54, 1.807) is 5.57 Å². The van der Waals surface area contributed by atoms with Gasteiger partial charge in [0, 0.05) is 6.08 Å². The Balaban J connectivity index is 2.68. The van der Waals surface area contributed by atoms with Crippen molar-refractivity contribution in [2.24, 2.45) is 29.6 Å². The third-order valence-electron chi connectivity index (χ3n) is 6.41. The molecule has 0 radical (unpaired) electrons. The van der Waals surface area contributed by atoms with E-state index >= 15 is 0 Å². The van der Waals surface area contributed by atoms with Gasteiger partial charge in [-0.15, -0.1) is 0 Å². The van der Waals surface area contributed by atoms with E-state index in [2.05, 4.69) is 77.8 Å². The second kappa shape index (κ2) is 10.0. The van der Waals surface area contributed by atoms with E-state index in [0.29, 0.717) is 11.8 Å². The molecule has 5 atom stereocenters. The van der Waals surface area contributed by atoms with E-state index in [1.165, 1.54) is 24.8 Å². The van der Waals surface area contributed by atoms with Crippen LogP contribution in [-0.2, 0) is 0 Å². The Morgan fingerprint density at radius 3 is 2.46 bits per heavy atom. The summed E-state index contributed by atoms with van der Waals surface area (Å²) in [6.07, 6.45) is 10.00. The molecule has 0 aromatic rings. The van der Waals surface area contributed by atoms with Crippen LogP contribution in [0.15, 0.2) is 29.9 Å². The first-order valence-electron chi connectivity index (χ1n) is 9.94. The Morgan fingerprint density at radius 1 is 1.25 bits per heavy atom. The number of rotatable bonds is 9. The summed E-state index contributed by atoms with van der Waals surface area (Å²) in [7, 11) is 2.09. The van der Waals surface area contributed by atoms with Crippen molar-refractivity contribution < 1.29 is 4.58 Å². The van der Waals surface area contributed by atoms with Crippen molar-refractivity contribution in [3.8, 4) is 0 Å². The minimum absolute atomic E-state index is 0.573. The molecule has 1 nitrogen and oxygen atoms in total. The maximum absolute atomic E-state index is 4.14. The van der Waals surface area contributed by atoms with Crippen LogP contribution < -0.4 is 0 Å². The van der Waals surface area contributed by atoms with Gasteiger partial charge in [-0.1, -0.05) is 51.0 Å². The Kier molecular flexibility index (Phi) is 8.78. The molecule has 0 heterocycles. The number of hydrogen-bond acceptors (Lipinski definition) is 0. The first-order chi connectivity index (χ1) is 11.3. The molecule has 1 fully saturated rings. The van der Waals surface area contributed by atoms with Crippen LogP contribution in [0.25, 0.3) is 0 Å². The zero-order valence-electron chi connectivity index (χ0n) is 17.2. The van der Waals surface area contributed by atoms with Crippen LogP contribution >= 0.6 is 0 Å². The van der Waals surface area contributed by atoms with Crippen LogP contribution in [0.3, 0.4) is 0 Å². The fraction of sp³-hybridized carbons (Fsp3) is 0.739. The first kappa shape index (κ1) is 21.0. The topological polar surface area (TPSA) is 3.01 Å². The third-order valence-corrected chi connectivity index (χ3v) is 6.41. The van der Waals surface area contributed by atoms with Crippen molar-refractivity contribution in [1.29, 1.82) is 0 Å². The molecule has 0 aromatic carbocycles. The molecule has 136 valence electrons. The van der Waals surface area contributed by atoms with Gasteiger partial charge in [-0.3, -0.25) is 0 Å². The van der Waals surface area contributed by atoms with Gasteiger partial charge < -0.3 is 0 Å². The molecular weight excluding hydrogens is 290 g/mol. The second-order valence-electron chi connectivity index (χ2n) is 7.99. The summed E-state index contributed by atoms with van der Waals surface area (Å²) in [5, 5.41) is 0. The molecule has 0 N–H and O–H groups in total. The summed E-state index contributed by atoms with van der Waals surface area (Å²) >= 11 is 0. The van der Waals surface area contributed by atoms with Gasteiger partial charge in [0.25, 0.3) is 0 Å². The third kappa shape index (κ3) is 5.78. The van der Waals surface area contributed by atoms with Crippen molar-refractivity contribution in [2.75, 3.05) is 13.6 Å². The van der Waals surface area contributed by atoms with Crippen LogP contribution in [0.4, 0.5) is 0 Å². The summed E-state index contributed by atoms with van der Waals surface area (Å²) in [4.78, 5) is 0. The molecule has 1 heteroatoms. The molecule has 0 saturated heterocycles. The predicted molar refractivity (Wildman–Crippen MR) is 108 cm³/mol. The lowest BCUT2D eigenvalue weighted by molar-refractivity contribution is -0.486. The molecule has 0 bridgehead atoms.